The van der Waals surface area contributed by atoms with Crippen molar-refractivity contribution in [3.05, 3.63) is 0 Å². The van der Waals surface area contributed by atoms with Gasteiger partial charge in [0.05, 0.1) is 13.2 Å². The van der Waals surface area contributed by atoms with Gasteiger partial charge in [-0.25, -0.2) is 0 Å². The van der Waals surface area contributed by atoms with E-state index in [1.54, 1.807) is 0 Å². The standard InChI is InChI=1S/C15H30N2O/c1-13-11-15(2,3)12-14(13)16-5-4-6-17-7-9-18-10-8-17/h13-14,16H,4-12H2,1-3H3. The van der Waals surface area contributed by atoms with Gasteiger partial charge < -0.3 is 10.1 Å². The molecule has 2 aliphatic rings. The van der Waals surface area contributed by atoms with Crippen LogP contribution < -0.4 is 5.32 Å². The first-order valence-electron chi connectivity index (χ1n) is 7.60. The van der Waals surface area contributed by atoms with Gasteiger partial charge in [0.2, 0.25) is 0 Å². The van der Waals surface area contributed by atoms with E-state index < -0.39 is 0 Å². The van der Waals surface area contributed by atoms with Crippen LogP contribution in [0.25, 0.3) is 0 Å². The zero-order valence-electron chi connectivity index (χ0n) is 12.4. The van der Waals surface area contributed by atoms with Crippen molar-refractivity contribution in [1.82, 2.24) is 10.2 Å². The highest BCUT2D eigenvalue weighted by atomic mass is 16.5. The van der Waals surface area contributed by atoms with Crippen LogP contribution in [0.4, 0.5) is 0 Å². The molecule has 1 saturated heterocycles. The topological polar surface area (TPSA) is 24.5 Å². The minimum Gasteiger partial charge on any atom is -0.379 e. The molecule has 18 heavy (non-hydrogen) atoms. The molecule has 1 heterocycles. The predicted molar refractivity (Wildman–Crippen MR) is 75.8 cm³/mol. The van der Waals surface area contributed by atoms with Crippen molar-refractivity contribution < 1.29 is 4.74 Å². The van der Waals surface area contributed by atoms with Crippen LogP contribution in [0, 0.1) is 11.3 Å². The summed E-state index contributed by atoms with van der Waals surface area (Å²) < 4.78 is 5.37. The zero-order chi connectivity index (χ0) is 13.0. The van der Waals surface area contributed by atoms with Crippen molar-refractivity contribution in [1.29, 1.82) is 0 Å². The second kappa shape index (κ2) is 6.36. The minimum absolute atomic E-state index is 0.543. The van der Waals surface area contributed by atoms with Crippen LogP contribution in [0.2, 0.25) is 0 Å². The smallest absolute Gasteiger partial charge is 0.0594 e. The number of hydrogen-bond acceptors (Lipinski definition) is 3. The largest absolute Gasteiger partial charge is 0.379 e. The Morgan fingerprint density at radius 2 is 1.94 bits per heavy atom. The molecule has 0 bridgehead atoms. The first kappa shape index (κ1) is 14.3. The molecule has 0 aromatic heterocycles. The number of hydrogen-bond donors (Lipinski definition) is 1. The second-order valence-corrected chi connectivity index (χ2v) is 6.92. The Balaban J connectivity index is 1.58. The molecular formula is C15H30N2O. The van der Waals surface area contributed by atoms with E-state index in [-0.39, 0.29) is 0 Å². The molecule has 1 saturated carbocycles. The Labute approximate surface area is 112 Å². The predicted octanol–water partition coefficient (Wildman–Crippen LogP) is 2.12. The molecule has 0 aromatic carbocycles. The van der Waals surface area contributed by atoms with Crippen LogP contribution in [-0.2, 0) is 4.74 Å². The molecule has 2 unspecified atom stereocenters. The van der Waals surface area contributed by atoms with E-state index in [4.69, 9.17) is 4.74 Å². The molecule has 3 nitrogen and oxygen atoms in total. The van der Waals surface area contributed by atoms with E-state index in [0.717, 1.165) is 38.3 Å². The number of ether oxygens (including phenoxy) is 1. The third-order valence-electron chi connectivity index (χ3n) is 4.50. The van der Waals surface area contributed by atoms with Gasteiger partial charge in [0.25, 0.3) is 0 Å². The van der Waals surface area contributed by atoms with Crippen LogP contribution in [0.15, 0.2) is 0 Å². The molecule has 1 aliphatic carbocycles. The maximum absolute atomic E-state index is 5.37. The maximum Gasteiger partial charge on any atom is 0.0594 e. The van der Waals surface area contributed by atoms with E-state index in [9.17, 15) is 0 Å². The summed E-state index contributed by atoms with van der Waals surface area (Å²) in [7, 11) is 0. The maximum atomic E-state index is 5.37. The number of rotatable bonds is 5. The molecule has 0 radical (unpaired) electrons. The minimum atomic E-state index is 0.543. The van der Waals surface area contributed by atoms with Crippen LogP contribution in [0.1, 0.15) is 40.0 Å². The lowest BCUT2D eigenvalue weighted by Crippen LogP contribution is -2.39. The van der Waals surface area contributed by atoms with Crippen molar-refractivity contribution in [3.8, 4) is 0 Å². The molecule has 3 heteroatoms. The highest BCUT2D eigenvalue weighted by Crippen LogP contribution is 2.40. The van der Waals surface area contributed by atoms with Crippen molar-refractivity contribution in [3.63, 3.8) is 0 Å². The summed E-state index contributed by atoms with van der Waals surface area (Å²) in [5.74, 6) is 0.836. The summed E-state index contributed by atoms with van der Waals surface area (Å²) >= 11 is 0. The molecule has 2 fully saturated rings. The van der Waals surface area contributed by atoms with Gasteiger partial charge in [-0.3, -0.25) is 4.90 Å². The van der Waals surface area contributed by atoms with Crippen LogP contribution in [0.5, 0.6) is 0 Å². The van der Waals surface area contributed by atoms with Gasteiger partial charge in [0, 0.05) is 19.1 Å². The summed E-state index contributed by atoms with van der Waals surface area (Å²) in [5.41, 5.74) is 0.543. The Bertz CT molecular complexity index is 249. The molecule has 1 aliphatic heterocycles. The lowest BCUT2D eigenvalue weighted by Gasteiger charge is -2.27. The van der Waals surface area contributed by atoms with E-state index >= 15 is 0 Å². The molecular weight excluding hydrogens is 224 g/mol. The van der Waals surface area contributed by atoms with Gasteiger partial charge >= 0.3 is 0 Å². The number of nitrogens with zero attached hydrogens (tertiary/aromatic N) is 1. The number of nitrogens with one attached hydrogen (secondary N) is 1. The Hall–Kier alpha value is -0.120. The second-order valence-electron chi connectivity index (χ2n) is 6.92. The summed E-state index contributed by atoms with van der Waals surface area (Å²) in [6.45, 7) is 13.7. The fourth-order valence-corrected chi connectivity index (χ4v) is 3.58. The highest BCUT2D eigenvalue weighted by Gasteiger charge is 2.35. The quantitative estimate of drug-likeness (QED) is 0.761. The summed E-state index contributed by atoms with van der Waals surface area (Å²) in [6.07, 6.45) is 3.98. The normalized spacial score (nSPS) is 32.8. The molecule has 0 aromatic rings. The van der Waals surface area contributed by atoms with Crippen molar-refractivity contribution in [2.45, 2.75) is 46.1 Å². The van der Waals surface area contributed by atoms with E-state index in [0.29, 0.717) is 5.41 Å². The molecule has 2 atom stereocenters. The Morgan fingerprint density at radius 3 is 2.56 bits per heavy atom. The molecule has 0 amide bonds. The van der Waals surface area contributed by atoms with Crippen molar-refractivity contribution in [2.75, 3.05) is 39.4 Å². The van der Waals surface area contributed by atoms with Gasteiger partial charge in [0.15, 0.2) is 0 Å². The van der Waals surface area contributed by atoms with E-state index in [1.165, 1.54) is 32.4 Å². The van der Waals surface area contributed by atoms with Crippen LogP contribution >= 0.6 is 0 Å². The van der Waals surface area contributed by atoms with E-state index in [2.05, 4.69) is 31.0 Å². The molecule has 0 spiro atoms. The lowest BCUT2D eigenvalue weighted by molar-refractivity contribution is 0.0373. The highest BCUT2D eigenvalue weighted by molar-refractivity contribution is 4.91. The third-order valence-corrected chi connectivity index (χ3v) is 4.50. The fourth-order valence-electron chi connectivity index (χ4n) is 3.58. The van der Waals surface area contributed by atoms with Crippen molar-refractivity contribution in [2.24, 2.45) is 11.3 Å². The first-order valence-corrected chi connectivity index (χ1v) is 7.60. The molecule has 2 rings (SSSR count). The van der Waals surface area contributed by atoms with Crippen LogP contribution in [0.3, 0.4) is 0 Å². The van der Waals surface area contributed by atoms with Gasteiger partial charge in [-0.2, -0.15) is 0 Å². The summed E-state index contributed by atoms with van der Waals surface area (Å²) in [4.78, 5) is 2.52. The average molecular weight is 254 g/mol. The Morgan fingerprint density at radius 1 is 1.22 bits per heavy atom. The molecule has 106 valence electrons. The summed E-state index contributed by atoms with van der Waals surface area (Å²) in [6, 6.07) is 0.740. The lowest BCUT2D eigenvalue weighted by atomic mass is 9.91. The van der Waals surface area contributed by atoms with Gasteiger partial charge in [0.1, 0.15) is 0 Å². The van der Waals surface area contributed by atoms with E-state index in [1.807, 2.05) is 0 Å². The van der Waals surface area contributed by atoms with Crippen LogP contribution in [-0.4, -0.2) is 50.3 Å². The first-order chi connectivity index (χ1) is 8.57. The SMILES string of the molecule is CC1CC(C)(C)CC1NCCCN1CCOCC1. The van der Waals surface area contributed by atoms with Gasteiger partial charge in [-0.05, 0) is 43.7 Å². The average Bonchev–Trinajstić information content (AvgIpc) is 2.59. The van der Waals surface area contributed by atoms with Gasteiger partial charge in [-0.15, -0.1) is 0 Å². The zero-order valence-corrected chi connectivity index (χ0v) is 12.4. The van der Waals surface area contributed by atoms with Crippen molar-refractivity contribution >= 4 is 0 Å². The molecule has 1 N–H and O–H groups in total. The number of morpholine rings is 1. The summed E-state index contributed by atoms with van der Waals surface area (Å²) in [5, 5.41) is 3.77. The third kappa shape index (κ3) is 4.22. The fraction of sp³-hybridized carbons (Fsp3) is 1.00. The Kier molecular flexibility index (Phi) is 5.05. The van der Waals surface area contributed by atoms with Gasteiger partial charge in [-0.1, -0.05) is 20.8 Å². The monoisotopic (exact) mass is 254 g/mol.